The second-order valence-electron chi connectivity index (χ2n) is 4.08. The van der Waals surface area contributed by atoms with Gasteiger partial charge in [0.2, 0.25) is 0 Å². The number of nitrogens with zero attached hydrogens (tertiary/aromatic N) is 1. The summed E-state index contributed by atoms with van der Waals surface area (Å²) in [7, 11) is 0. The maximum Gasteiger partial charge on any atom is 0.308 e. The molecule has 6 heteroatoms. The molecule has 0 heterocycles. The number of nitro benzene ring substituents is 1. The molecule has 6 nitrogen and oxygen atoms in total. The van der Waals surface area contributed by atoms with Gasteiger partial charge in [0.15, 0.2) is 0 Å². The highest BCUT2D eigenvalue weighted by Gasteiger charge is 2.15. The number of benzene rings is 1. The summed E-state index contributed by atoms with van der Waals surface area (Å²) in [4.78, 5) is 21.1. The molecule has 0 aliphatic carbocycles. The Morgan fingerprint density at radius 2 is 2.22 bits per heavy atom. The van der Waals surface area contributed by atoms with Crippen LogP contribution in [0.15, 0.2) is 18.2 Å². The summed E-state index contributed by atoms with van der Waals surface area (Å²) in [6.07, 6.45) is 0.510. The van der Waals surface area contributed by atoms with E-state index in [1.54, 1.807) is 26.0 Å². The van der Waals surface area contributed by atoms with Crippen molar-refractivity contribution in [1.82, 2.24) is 0 Å². The standard InChI is InChI=1S/C12H16N2O4/c1-3-9(12(15)16)7-13-10-5-4-8(2)11(6-10)14(17)18/h4-6,9,13H,3,7H2,1-2H3,(H,15,16). The smallest absolute Gasteiger partial charge is 0.308 e. The molecule has 0 spiro atoms. The van der Waals surface area contributed by atoms with E-state index in [1.807, 2.05) is 0 Å². The molecule has 0 fully saturated rings. The molecule has 1 unspecified atom stereocenters. The minimum atomic E-state index is -0.869. The minimum Gasteiger partial charge on any atom is -0.481 e. The molecule has 0 aromatic heterocycles. The second-order valence-corrected chi connectivity index (χ2v) is 4.08. The Morgan fingerprint density at radius 1 is 1.56 bits per heavy atom. The maximum absolute atomic E-state index is 10.8. The first-order valence-corrected chi connectivity index (χ1v) is 5.67. The predicted octanol–water partition coefficient (Wildman–Crippen LogP) is 2.43. The molecule has 1 atom stereocenters. The summed E-state index contributed by atoms with van der Waals surface area (Å²) >= 11 is 0. The highest BCUT2D eigenvalue weighted by atomic mass is 16.6. The van der Waals surface area contributed by atoms with Crippen molar-refractivity contribution in [2.45, 2.75) is 20.3 Å². The van der Waals surface area contributed by atoms with E-state index in [9.17, 15) is 14.9 Å². The van der Waals surface area contributed by atoms with Gasteiger partial charge in [-0.05, 0) is 19.4 Å². The van der Waals surface area contributed by atoms with Crippen LogP contribution in [-0.2, 0) is 4.79 Å². The molecule has 0 saturated carbocycles. The molecule has 0 amide bonds. The van der Waals surface area contributed by atoms with Gasteiger partial charge in [-0.1, -0.05) is 13.0 Å². The van der Waals surface area contributed by atoms with Gasteiger partial charge in [-0.2, -0.15) is 0 Å². The highest BCUT2D eigenvalue weighted by molar-refractivity contribution is 5.70. The second kappa shape index (κ2) is 6.00. The van der Waals surface area contributed by atoms with E-state index in [4.69, 9.17) is 5.11 Å². The summed E-state index contributed by atoms with van der Waals surface area (Å²) in [5, 5.41) is 22.6. The fourth-order valence-electron chi connectivity index (χ4n) is 1.56. The molecular weight excluding hydrogens is 236 g/mol. The molecule has 0 radical (unpaired) electrons. The van der Waals surface area contributed by atoms with Gasteiger partial charge in [0.1, 0.15) is 0 Å². The van der Waals surface area contributed by atoms with Gasteiger partial charge in [-0.15, -0.1) is 0 Å². The van der Waals surface area contributed by atoms with Crippen LogP contribution in [0, 0.1) is 23.0 Å². The van der Waals surface area contributed by atoms with Crippen LogP contribution in [0.2, 0.25) is 0 Å². The van der Waals surface area contributed by atoms with Gasteiger partial charge in [-0.25, -0.2) is 0 Å². The van der Waals surface area contributed by atoms with E-state index in [0.717, 1.165) is 0 Å². The van der Waals surface area contributed by atoms with Gasteiger partial charge < -0.3 is 10.4 Å². The van der Waals surface area contributed by atoms with Gasteiger partial charge >= 0.3 is 5.97 Å². The number of hydrogen-bond donors (Lipinski definition) is 2. The normalized spacial score (nSPS) is 11.9. The lowest BCUT2D eigenvalue weighted by molar-refractivity contribution is -0.385. The third-order valence-corrected chi connectivity index (χ3v) is 2.80. The number of anilines is 1. The van der Waals surface area contributed by atoms with E-state index < -0.39 is 16.8 Å². The Bertz CT molecular complexity index is 459. The lowest BCUT2D eigenvalue weighted by atomic mass is 10.1. The zero-order valence-corrected chi connectivity index (χ0v) is 10.3. The molecule has 98 valence electrons. The molecule has 18 heavy (non-hydrogen) atoms. The van der Waals surface area contributed by atoms with Crippen molar-refractivity contribution in [3.63, 3.8) is 0 Å². The average Bonchev–Trinajstić information content (AvgIpc) is 2.31. The number of carboxylic acid groups (broad SMARTS) is 1. The van der Waals surface area contributed by atoms with Crippen molar-refractivity contribution >= 4 is 17.3 Å². The topological polar surface area (TPSA) is 92.5 Å². The Balaban J connectivity index is 2.77. The first-order chi connectivity index (χ1) is 8.45. The van der Waals surface area contributed by atoms with Crippen LogP contribution in [0.1, 0.15) is 18.9 Å². The number of nitrogens with one attached hydrogen (secondary N) is 1. The third kappa shape index (κ3) is 3.44. The summed E-state index contributed by atoms with van der Waals surface area (Å²) in [5.41, 5.74) is 1.17. The van der Waals surface area contributed by atoms with E-state index in [0.29, 0.717) is 17.7 Å². The minimum absolute atomic E-state index is 0.0309. The Hall–Kier alpha value is -2.11. The first-order valence-electron chi connectivity index (χ1n) is 5.67. The van der Waals surface area contributed by atoms with E-state index in [-0.39, 0.29) is 12.2 Å². The van der Waals surface area contributed by atoms with Crippen LogP contribution >= 0.6 is 0 Å². The number of aryl methyl sites for hydroxylation is 1. The van der Waals surface area contributed by atoms with Crippen LogP contribution in [0.25, 0.3) is 0 Å². The number of nitro groups is 1. The number of rotatable bonds is 6. The quantitative estimate of drug-likeness (QED) is 0.599. The lowest BCUT2D eigenvalue weighted by Gasteiger charge is -2.12. The van der Waals surface area contributed by atoms with Crippen LogP contribution in [0.3, 0.4) is 0 Å². The zero-order valence-electron chi connectivity index (χ0n) is 10.3. The van der Waals surface area contributed by atoms with Crippen LogP contribution < -0.4 is 5.32 Å². The monoisotopic (exact) mass is 252 g/mol. The van der Waals surface area contributed by atoms with Crippen molar-refractivity contribution in [2.24, 2.45) is 5.92 Å². The average molecular weight is 252 g/mol. The fraction of sp³-hybridized carbons (Fsp3) is 0.417. The van der Waals surface area contributed by atoms with E-state index in [1.165, 1.54) is 6.07 Å². The van der Waals surface area contributed by atoms with Crippen molar-refractivity contribution in [1.29, 1.82) is 0 Å². The van der Waals surface area contributed by atoms with Crippen molar-refractivity contribution in [2.75, 3.05) is 11.9 Å². The van der Waals surface area contributed by atoms with E-state index >= 15 is 0 Å². The molecule has 0 aliphatic heterocycles. The first kappa shape index (κ1) is 14.0. The molecular formula is C12H16N2O4. The molecule has 0 bridgehead atoms. The molecule has 0 aliphatic rings. The molecule has 1 rings (SSSR count). The molecule has 1 aromatic carbocycles. The van der Waals surface area contributed by atoms with Crippen LogP contribution in [-0.4, -0.2) is 22.5 Å². The Kier molecular flexibility index (Phi) is 4.65. The number of hydrogen-bond acceptors (Lipinski definition) is 4. The third-order valence-electron chi connectivity index (χ3n) is 2.80. The Labute approximate surface area is 105 Å². The van der Waals surface area contributed by atoms with Gasteiger partial charge in [0.25, 0.3) is 5.69 Å². The molecule has 2 N–H and O–H groups in total. The highest BCUT2D eigenvalue weighted by Crippen LogP contribution is 2.22. The Morgan fingerprint density at radius 3 is 2.72 bits per heavy atom. The van der Waals surface area contributed by atoms with Crippen molar-refractivity contribution in [3.8, 4) is 0 Å². The van der Waals surface area contributed by atoms with E-state index in [2.05, 4.69) is 5.32 Å². The van der Waals surface area contributed by atoms with Crippen molar-refractivity contribution in [3.05, 3.63) is 33.9 Å². The van der Waals surface area contributed by atoms with Gasteiger partial charge in [0.05, 0.1) is 10.8 Å². The number of carboxylic acids is 1. The SMILES string of the molecule is CCC(CNc1ccc(C)c([N+](=O)[O-])c1)C(=O)O. The van der Waals surface area contributed by atoms with Gasteiger partial charge in [0, 0.05) is 23.9 Å². The summed E-state index contributed by atoms with van der Waals surface area (Å²) in [5.74, 6) is -1.36. The van der Waals surface area contributed by atoms with Crippen LogP contribution in [0.4, 0.5) is 11.4 Å². The zero-order chi connectivity index (χ0) is 13.7. The summed E-state index contributed by atoms with van der Waals surface area (Å²) in [6.45, 7) is 3.71. The maximum atomic E-state index is 10.8. The summed E-state index contributed by atoms with van der Waals surface area (Å²) < 4.78 is 0. The lowest BCUT2D eigenvalue weighted by Crippen LogP contribution is -2.22. The summed E-state index contributed by atoms with van der Waals surface area (Å²) in [6, 6.07) is 4.77. The van der Waals surface area contributed by atoms with Crippen molar-refractivity contribution < 1.29 is 14.8 Å². The largest absolute Gasteiger partial charge is 0.481 e. The number of carbonyl (C=O) groups is 1. The molecule has 0 saturated heterocycles. The van der Waals surface area contributed by atoms with Gasteiger partial charge in [-0.3, -0.25) is 14.9 Å². The fourth-order valence-corrected chi connectivity index (χ4v) is 1.56. The number of aliphatic carboxylic acids is 1. The predicted molar refractivity (Wildman–Crippen MR) is 67.7 cm³/mol. The van der Waals surface area contributed by atoms with Crippen LogP contribution in [0.5, 0.6) is 0 Å². The molecule has 1 aromatic rings.